The zero-order chi connectivity index (χ0) is 14.4. The maximum atomic E-state index is 5.36. The smallest absolute Gasteiger partial charge is 0.123 e. The van der Waals surface area contributed by atoms with Crippen molar-refractivity contribution in [1.29, 1.82) is 0 Å². The highest BCUT2D eigenvalue weighted by atomic mass is 16.5. The van der Waals surface area contributed by atoms with Gasteiger partial charge in [-0.2, -0.15) is 0 Å². The predicted octanol–water partition coefficient (Wildman–Crippen LogP) is 3.37. The summed E-state index contributed by atoms with van der Waals surface area (Å²) in [5.41, 5.74) is 3.60. The average Bonchev–Trinajstić information content (AvgIpc) is 2.45. The van der Waals surface area contributed by atoms with Crippen LogP contribution in [0.25, 0.3) is 0 Å². The van der Waals surface area contributed by atoms with Crippen molar-refractivity contribution in [2.75, 3.05) is 26.5 Å². The molecule has 0 aromatic heterocycles. The Morgan fingerprint density at radius 1 is 1.05 bits per heavy atom. The molecule has 1 N–H and O–H groups in total. The van der Waals surface area contributed by atoms with E-state index in [1.54, 1.807) is 7.11 Å². The van der Waals surface area contributed by atoms with Gasteiger partial charge in [0.25, 0.3) is 0 Å². The molecule has 3 nitrogen and oxygen atoms in total. The lowest BCUT2D eigenvalue weighted by Crippen LogP contribution is -2.10. The molecule has 0 amide bonds. The van der Waals surface area contributed by atoms with E-state index in [2.05, 4.69) is 54.6 Å². The van der Waals surface area contributed by atoms with Crippen molar-refractivity contribution >= 4 is 5.69 Å². The Morgan fingerprint density at radius 2 is 1.85 bits per heavy atom. The molecule has 0 aliphatic rings. The molecule has 0 radical (unpaired) electrons. The summed E-state index contributed by atoms with van der Waals surface area (Å²) in [6.07, 6.45) is 0. The van der Waals surface area contributed by atoms with Crippen LogP contribution in [-0.2, 0) is 13.1 Å². The number of para-hydroxylation sites is 1. The van der Waals surface area contributed by atoms with E-state index in [1.165, 1.54) is 5.56 Å². The number of nitrogens with one attached hydrogen (secondary N) is 1. The third-order valence-corrected chi connectivity index (χ3v) is 3.10. The molecule has 0 aliphatic carbocycles. The van der Waals surface area contributed by atoms with Crippen LogP contribution in [0.2, 0.25) is 0 Å². The normalized spacial score (nSPS) is 10.6. The number of benzene rings is 2. The summed E-state index contributed by atoms with van der Waals surface area (Å²) >= 11 is 0. The summed E-state index contributed by atoms with van der Waals surface area (Å²) in [6, 6.07) is 16.6. The molecule has 0 unspecified atom stereocenters. The summed E-state index contributed by atoms with van der Waals surface area (Å²) in [5, 5.41) is 3.45. The lowest BCUT2D eigenvalue weighted by atomic mass is 10.1. The van der Waals surface area contributed by atoms with Crippen molar-refractivity contribution in [3.05, 3.63) is 59.7 Å². The SMILES string of the molecule is COc1ccccc1CNc1cccc(CN(C)C)c1. The van der Waals surface area contributed by atoms with Crippen LogP contribution < -0.4 is 10.1 Å². The zero-order valence-electron chi connectivity index (χ0n) is 12.4. The van der Waals surface area contributed by atoms with E-state index in [9.17, 15) is 0 Å². The van der Waals surface area contributed by atoms with Gasteiger partial charge in [-0.3, -0.25) is 0 Å². The van der Waals surface area contributed by atoms with Crippen molar-refractivity contribution in [2.24, 2.45) is 0 Å². The second-order valence-electron chi connectivity index (χ2n) is 5.10. The fourth-order valence-corrected chi connectivity index (χ4v) is 2.19. The molecule has 2 rings (SSSR count). The van der Waals surface area contributed by atoms with Gasteiger partial charge in [-0.05, 0) is 37.9 Å². The first kappa shape index (κ1) is 14.4. The van der Waals surface area contributed by atoms with Gasteiger partial charge < -0.3 is 15.0 Å². The van der Waals surface area contributed by atoms with Crippen LogP contribution in [0.1, 0.15) is 11.1 Å². The molecule has 3 heteroatoms. The van der Waals surface area contributed by atoms with Crippen LogP contribution in [0.15, 0.2) is 48.5 Å². The van der Waals surface area contributed by atoms with E-state index >= 15 is 0 Å². The van der Waals surface area contributed by atoms with Gasteiger partial charge in [-0.15, -0.1) is 0 Å². The lowest BCUT2D eigenvalue weighted by molar-refractivity contribution is 0.402. The molecule has 2 aromatic carbocycles. The van der Waals surface area contributed by atoms with Gasteiger partial charge in [0.15, 0.2) is 0 Å². The van der Waals surface area contributed by atoms with Crippen molar-refractivity contribution in [2.45, 2.75) is 13.1 Å². The molecule has 106 valence electrons. The molecule has 2 aromatic rings. The van der Waals surface area contributed by atoms with Gasteiger partial charge >= 0.3 is 0 Å². The minimum absolute atomic E-state index is 0.759. The fraction of sp³-hybridized carbons (Fsp3) is 0.294. The van der Waals surface area contributed by atoms with Gasteiger partial charge in [0.2, 0.25) is 0 Å². The highest BCUT2D eigenvalue weighted by molar-refractivity contribution is 5.47. The maximum Gasteiger partial charge on any atom is 0.123 e. The molecule has 0 saturated heterocycles. The molecule has 0 aliphatic heterocycles. The number of hydrogen-bond donors (Lipinski definition) is 1. The number of ether oxygens (including phenoxy) is 1. The van der Waals surface area contributed by atoms with Crippen LogP contribution in [0.3, 0.4) is 0 Å². The molecule has 0 bridgehead atoms. The maximum absolute atomic E-state index is 5.36. The molecule has 0 fully saturated rings. The Bertz CT molecular complexity index is 552. The number of hydrogen-bond acceptors (Lipinski definition) is 3. The highest BCUT2D eigenvalue weighted by Crippen LogP contribution is 2.19. The van der Waals surface area contributed by atoms with Crippen LogP contribution in [-0.4, -0.2) is 26.1 Å². The predicted molar refractivity (Wildman–Crippen MR) is 84.2 cm³/mol. The Labute approximate surface area is 121 Å². The fourth-order valence-electron chi connectivity index (χ4n) is 2.19. The van der Waals surface area contributed by atoms with Crippen LogP contribution >= 0.6 is 0 Å². The van der Waals surface area contributed by atoms with Gasteiger partial charge in [-0.1, -0.05) is 30.3 Å². The van der Waals surface area contributed by atoms with E-state index in [0.29, 0.717) is 0 Å². The summed E-state index contributed by atoms with van der Waals surface area (Å²) < 4.78 is 5.36. The minimum atomic E-state index is 0.759. The molecular formula is C17H22N2O. The first-order valence-corrected chi connectivity index (χ1v) is 6.78. The largest absolute Gasteiger partial charge is 0.496 e. The Hall–Kier alpha value is -2.00. The average molecular weight is 270 g/mol. The summed E-state index contributed by atoms with van der Waals surface area (Å²) in [7, 11) is 5.86. The van der Waals surface area contributed by atoms with Crippen LogP contribution in [0, 0.1) is 0 Å². The standard InChI is InChI=1S/C17H22N2O/c1-19(2)13-14-7-6-9-16(11-14)18-12-15-8-4-5-10-17(15)20-3/h4-11,18H,12-13H2,1-3H3. The summed E-state index contributed by atoms with van der Waals surface area (Å²) in [4.78, 5) is 2.17. The number of anilines is 1. The second-order valence-corrected chi connectivity index (χ2v) is 5.10. The van der Waals surface area contributed by atoms with Gasteiger partial charge in [0, 0.05) is 24.3 Å². The zero-order valence-corrected chi connectivity index (χ0v) is 12.4. The van der Waals surface area contributed by atoms with Crippen molar-refractivity contribution < 1.29 is 4.74 Å². The molecular weight excluding hydrogens is 248 g/mol. The number of nitrogens with zero attached hydrogens (tertiary/aromatic N) is 1. The molecule has 0 atom stereocenters. The van der Waals surface area contributed by atoms with E-state index in [4.69, 9.17) is 4.74 Å². The summed E-state index contributed by atoms with van der Waals surface area (Å²) in [6.45, 7) is 1.71. The quantitative estimate of drug-likeness (QED) is 0.871. The number of methoxy groups -OCH3 is 1. The van der Waals surface area contributed by atoms with E-state index in [-0.39, 0.29) is 0 Å². The molecule has 20 heavy (non-hydrogen) atoms. The van der Waals surface area contributed by atoms with Gasteiger partial charge in [0.1, 0.15) is 5.75 Å². The Morgan fingerprint density at radius 3 is 2.60 bits per heavy atom. The molecule has 0 saturated carbocycles. The Kier molecular flexibility index (Phi) is 5.02. The topological polar surface area (TPSA) is 24.5 Å². The number of rotatable bonds is 6. The molecule has 0 heterocycles. The molecule has 0 spiro atoms. The Balaban J connectivity index is 2.03. The van der Waals surface area contributed by atoms with E-state index < -0.39 is 0 Å². The van der Waals surface area contributed by atoms with E-state index in [0.717, 1.165) is 30.1 Å². The van der Waals surface area contributed by atoms with E-state index in [1.807, 2.05) is 18.2 Å². The van der Waals surface area contributed by atoms with Crippen LogP contribution in [0.4, 0.5) is 5.69 Å². The highest BCUT2D eigenvalue weighted by Gasteiger charge is 2.02. The van der Waals surface area contributed by atoms with Gasteiger partial charge in [-0.25, -0.2) is 0 Å². The van der Waals surface area contributed by atoms with Crippen molar-refractivity contribution in [3.8, 4) is 5.75 Å². The van der Waals surface area contributed by atoms with Crippen LogP contribution in [0.5, 0.6) is 5.75 Å². The lowest BCUT2D eigenvalue weighted by Gasteiger charge is -2.13. The summed E-state index contributed by atoms with van der Waals surface area (Å²) in [5.74, 6) is 0.921. The first-order valence-electron chi connectivity index (χ1n) is 6.78. The third-order valence-electron chi connectivity index (χ3n) is 3.10. The van der Waals surface area contributed by atoms with Gasteiger partial charge in [0.05, 0.1) is 7.11 Å². The minimum Gasteiger partial charge on any atom is -0.496 e. The first-order chi connectivity index (χ1) is 9.69. The second kappa shape index (κ2) is 6.96. The monoisotopic (exact) mass is 270 g/mol. The third kappa shape index (κ3) is 4.00. The van der Waals surface area contributed by atoms with Crippen molar-refractivity contribution in [3.63, 3.8) is 0 Å². The van der Waals surface area contributed by atoms with Crippen molar-refractivity contribution in [1.82, 2.24) is 4.90 Å².